The van der Waals surface area contributed by atoms with Gasteiger partial charge in [0.2, 0.25) is 5.95 Å². The lowest BCUT2D eigenvalue weighted by Gasteiger charge is -2.33. The summed E-state index contributed by atoms with van der Waals surface area (Å²) in [5.74, 6) is -0.435. The van der Waals surface area contributed by atoms with Gasteiger partial charge in [0.15, 0.2) is 5.52 Å². The van der Waals surface area contributed by atoms with Gasteiger partial charge in [-0.3, -0.25) is 14.3 Å². The Bertz CT molecular complexity index is 1620. The summed E-state index contributed by atoms with van der Waals surface area (Å²) in [5.41, 5.74) is 0.110. The summed E-state index contributed by atoms with van der Waals surface area (Å²) in [6.45, 7) is 3.46. The molecule has 0 spiro atoms. The van der Waals surface area contributed by atoms with Crippen LogP contribution in [0, 0.1) is 12.7 Å². The molecule has 12 heteroatoms. The summed E-state index contributed by atoms with van der Waals surface area (Å²) in [5, 5.41) is 0. The van der Waals surface area contributed by atoms with Crippen molar-refractivity contribution in [3.8, 4) is 11.3 Å². The predicted octanol–water partition coefficient (Wildman–Crippen LogP) is 4.24. The number of fused-ring (bicyclic) bond motifs is 2. The first-order valence-corrected chi connectivity index (χ1v) is 12.2. The van der Waals surface area contributed by atoms with Gasteiger partial charge in [-0.05, 0) is 49.2 Å². The molecule has 0 saturated carbocycles. The molecule has 6 rings (SSSR count). The number of ether oxygens (including phenoxy) is 1. The number of aryl methyl sites for hydroxylation is 2. The van der Waals surface area contributed by atoms with E-state index in [0.29, 0.717) is 44.6 Å². The maximum Gasteiger partial charge on any atom is 0.416 e. The third-order valence-corrected chi connectivity index (χ3v) is 6.85. The van der Waals surface area contributed by atoms with Crippen LogP contribution in [0.1, 0.15) is 35.2 Å². The van der Waals surface area contributed by atoms with E-state index in [2.05, 4.69) is 19.9 Å². The molecule has 1 fully saturated rings. The van der Waals surface area contributed by atoms with Crippen molar-refractivity contribution in [3.63, 3.8) is 0 Å². The van der Waals surface area contributed by atoms with Crippen molar-refractivity contribution in [1.82, 2.24) is 24.5 Å². The largest absolute Gasteiger partial charge is 0.416 e. The SMILES string of the molecule is Cc1cc(C2CN(c3nc(-c4ccc(C(F)(F)F)cc4F)c4nc5n(c(=O)c4n3)CCC5)CCO2)ccn1. The first kappa shape index (κ1) is 24.4. The van der Waals surface area contributed by atoms with Crippen molar-refractivity contribution >= 4 is 17.0 Å². The van der Waals surface area contributed by atoms with Crippen LogP contribution in [0.4, 0.5) is 23.5 Å². The number of anilines is 1. The molecule has 8 nitrogen and oxygen atoms in total. The smallest absolute Gasteiger partial charge is 0.370 e. The summed E-state index contributed by atoms with van der Waals surface area (Å²) in [4.78, 5) is 33.1. The van der Waals surface area contributed by atoms with E-state index in [-0.39, 0.29) is 39.9 Å². The zero-order valence-electron chi connectivity index (χ0n) is 20.3. The Morgan fingerprint density at radius 3 is 2.66 bits per heavy atom. The first-order chi connectivity index (χ1) is 18.2. The second kappa shape index (κ2) is 9.12. The molecule has 1 atom stereocenters. The molecule has 4 aromatic rings. The van der Waals surface area contributed by atoms with Crippen molar-refractivity contribution in [2.24, 2.45) is 0 Å². The number of pyridine rings is 1. The molecule has 2 aliphatic heterocycles. The fraction of sp³-hybridized carbons (Fsp3) is 0.346. The summed E-state index contributed by atoms with van der Waals surface area (Å²) in [6.07, 6.45) is -2.06. The van der Waals surface area contributed by atoms with Gasteiger partial charge in [0.1, 0.15) is 29.0 Å². The third-order valence-electron chi connectivity index (χ3n) is 6.85. The molecule has 2 aliphatic rings. The van der Waals surface area contributed by atoms with Crippen LogP contribution >= 0.6 is 0 Å². The monoisotopic (exact) mass is 526 g/mol. The molecule has 196 valence electrons. The lowest BCUT2D eigenvalue weighted by atomic mass is 10.1. The van der Waals surface area contributed by atoms with Gasteiger partial charge in [-0.2, -0.15) is 13.2 Å². The minimum atomic E-state index is -4.70. The molecular formula is C26H22F4N6O2. The number of nitrogens with zero attached hydrogens (tertiary/aromatic N) is 6. The molecule has 0 aliphatic carbocycles. The zero-order chi connectivity index (χ0) is 26.6. The number of hydrogen-bond donors (Lipinski definition) is 0. The lowest BCUT2D eigenvalue weighted by molar-refractivity contribution is -0.137. The van der Waals surface area contributed by atoms with Gasteiger partial charge in [0.25, 0.3) is 5.56 Å². The summed E-state index contributed by atoms with van der Waals surface area (Å²) >= 11 is 0. The van der Waals surface area contributed by atoms with Gasteiger partial charge < -0.3 is 9.64 Å². The fourth-order valence-corrected chi connectivity index (χ4v) is 4.96. The van der Waals surface area contributed by atoms with Crippen molar-refractivity contribution < 1.29 is 22.3 Å². The van der Waals surface area contributed by atoms with E-state index in [0.717, 1.165) is 29.8 Å². The molecular weight excluding hydrogens is 504 g/mol. The standard InChI is InChI=1S/C26H22F4N6O2/c1-14-11-15(6-7-31-14)19-13-35(9-10-38-19)25-33-21(17-5-4-16(12-18(17)27)26(28,29)30)22-23(34-25)24(37)36-8-2-3-20(36)32-22/h4-7,11-12,19H,2-3,8-10,13H2,1H3. The van der Waals surface area contributed by atoms with Crippen LogP contribution in [-0.4, -0.2) is 44.2 Å². The Hall–Kier alpha value is -3.93. The summed E-state index contributed by atoms with van der Waals surface area (Å²) in [6, 6.07) is 6.02. The third kappa shape index (κ3) is 4.28. The number of alkyl halides is 3. The number of benzene rings is 1. The highest BCUT2D eigenvalue weighted by atomic mass is 19.4. The molecule has 3 aromatic heterocycles. The zero-order valence-corrected chi connectivity index (χ0v) is 20.3. The maximum atomic E-state index is 15.2. The van der Waals surface area contributed by atoms with Crippen LogP contribution in [0.5, 0.6) is 0 Å². The molecule has 1 aromatic carbocycles. The number of rotatable bonds is 3. The number of aromatic nitrogens is 5. The van der Waals surface area contributed by atoms with E-state index in [9.17, 15) is 18.0 Å². The fourth-order valence-electron chi connectivity index (χ4n) is 4.96. The summed E-state index contributed by atoms with van der Waals surface area (Å²) < 4.78 is 62.2. The highest BCUT2D eigenvalue weighted by Gasteiger charge is 2.32. The Morgan fingerprint density at radius 2 is 1.89 bits per heavy atom. The van der Waals surface area contributed by atoms with Crippen molar-refractivity contribution in [3.05, 3.63) is 75.3 Å². The van der Waals surface area contributed by atoms with Gasteiger partial charge >= 0.3 is 6.18 Å². The number of morpholine rings is 1. The molecule has 1 unspecified atom stereocenters. The molecule has 38 heavy (non-hydrogen) atoms. The molecule has 0 N–H and O–H groups in total. The topological polar surface area (TPSA) is 86.0 Å². The Balaban J connectivity index is 1.50. The minimum Gasteiger partial charge on any atom is -0.370 e. The molecule has 0 amide bonds. The molecule has 0 radical (unpaired) electrons. The van der Waals surface area contributed by atoms with E-state index in [1.165, 1.54) is 4.57 Å². The average molecular weight is 526 g/mol. The van der Waals surface area contributed by atoms with Gasteiger partial charge in [0, 0.05) is 37.0 Å². The van der Waals surface area contributed by atoms with Gasteiger partial charge in [-0.15, -0.1) is 0 Å². The number of hydrogen-bond acceptors (Lipinski definition) is 7. The molecule has 0 bridgehead atoms. The maximum absolute atomic E-state index is 15.2. The van der Waals surface area contributed by atoms with Crippen molar-refractivity contribution in [1.29, 1.82) is 0 Å². The van der Waals surface area contributed by atoms with E-state index >= 15 is 4.39 Å². The Kier molecular flexibility index (Phi) is 5.86. The van der Waals surface area contributed by atoms with Crippen molar-refractivity contribution in [2.75, 3.05) is 24.6 Å². The van der Waals surface area contributed by atoms with E-state index < -0.39 is 17.6 Å². The second-order valence-electron chi connectivity index (χ2n) is 9.39. The van der Waals surface area contributed by atoms with Gasteiger partial charge in [-0.25, -0.2) is 19.3 Å². The highest BCUT2D eigenvalue weighted by molar-refractivity contribution is 5.89. The second-order valence-corrected chi connectivity index (χ2v) is 9.39. The van der Waals surface area contributed by atoms with Crippen molar-refractivity contribution in [2.45, 2.75) is 38.6 Å². The van der Waals surface area contributed by atoms with E-state index in [1.54, 1.807) is 6.20 Å². The quantitative estimate of drug-likeness (QED) is 0.369. The van der Waals surface area contributed by atoms with Crippen LogP contribution < -0.4 is 10.5 Å². The van der Waals surface area contributed by atoms with Crippen LogP contribution in [-0.2, 0) is 23.9 Å². The minimum absolute atomic E-state index is 0.00209. The average Bonchev–Trinajstić information content (AvgIpc) is 3.37. The predicted molar refractivity (Wildman–Crippen MR) is 130 cm³/mol. The first-order valence-electron chi connectivity index (χ1n) is 12.2. The highest BCUT2D eigenvalue weighted by Crippen LogP contribution is 2.35. The lowest BCUT2D eigenvalue weighted by Crippen LogP contribution is -2.39. The Morgan fingerprint density at radius 1 is 1.05 bits per heavy atom. The van der Waals surface area contributed by atoms with E-state index in [1.807, 2.05) is 24.0 Å². The normalized spacial score (nSPS) is 17.7. The van der Waals surface area contributed by atoms with E-state index in [4.69, 9.17) is 4.74 Å². The molecule has 5 heterocycles. The Labute approximate surface area is 214 Å². The van der Waals surface area contributed by atoms with Crippen LogP contribution in [0.3, 0.4) is 0 Å². The number of halogens is 4. The van der Waals surface area contributed by atoms with Gasteiger partial charge in [-0.1, -0.05) is 0 Å². The van der Waals surface area contributed by atoms with Crippen LogP contribution in [0.2, 0.25) is 0 Å². The van der Waals surface area contributed by atoms with Crippen LogP contribution in [0.25, 0.3) is 22.3 Å². The van der Waals surface area contributed by atoms with Gasteiger partial charge in [0.05, 0.1) is 18.7 Å². The molecule has 1 saturated heterocycles. The summed E-state index contributed by atoms with van der Waals surface area (Å²) in [7, 11) is 0. The van der Waals surface area contributed by atoms with Crippen LogP contribution in [0.15, 0.2) is 41.3 Å².